The van der Waals surface area contributed by atoms with E-state index < -0.39 is 7.25 Å². The van der Waals surface area contributed by atoms with Gasteiger partial charge < -0.3 is 17.3 Å². The first-order valence-electron chi connectivity index (χ1n) is 6.14. The Kier molecular flexibility index (Phi) is 6.53. The molecule has 108 valence electrons. The average molecular weight is 315 g/mol. The van der Waals surface area contributed by atoms with Crippen LogP contribution in [-0.4, -0.2) is 18.3 Å². The maximum Gasteiger partial charge on any atom is 0.673 e. The fraction of sp³-hybridized carbons (Fsp3) is 0.500. The zero-order chi connectivity index (χ0) is 14.5. The first-order chi connectivity index (χ1) is 8.81. The average Bonchev–Trinajstić information content (AvgIpc) is 3.09. The predicted molar refractivity (Wildman–Crippen MR) is 75.4 cm³/mol. The van der Waals surface area contributed by atoms with Crippen LogP contribution < -0.4 is 0 Å². The monoisotopic (exact) mass is 314 g/mol. The molecular weight excluding hydrogens is 298 g/mol. The molecule has 1 aromatic rings. The Balaban J connectivity index is 0.000000312. The Morgan fingerprint density at radius 1 is 1.16 bits per heavy atom. The summed E-state index contributed by atoms with van der Waals surface area (Å²) in [5, 5.41) is 1.83. The first-order valence-corrected chi connectivity index (χ1v) is 7.97. The Morgan fingerprint density at radius 2 is 1.63 bits per heavy atom. The molecule has 0 N–H and O–H groups in total. The highest BCUT2D eigenvalue weighted by Crippen LogP contribution is 2.36. The largest absolute Gasteiger partial charge is 0.673 e. The maximum absolute atomic E-state index is 9.75. The number of hydrogen-bond acceptors (Lipinski definition) is 0. The van der Waals surface area contributed by atoms with Crippen molar-refractivity contribution in [1.29, 1.82) is 0 Å². The van der Waals surface area contributed by atoms with Crippen molar-refractivity contribution >= 4 is 29.8 Å². The van der Waals surface area contributed by atoms with Gasteiger partial charge in [-0.1, -0.05) is 18.5 Å². The van der Waals surface area contributed by atoms with Crippen LogP contribution in [-0.2, 0) is 10.9 Å². The van der Waals surface area contributed by atoms with Gasteiger partial charge in [-0.3, -0.25) is 0 Å². The third-order valence-electron chi connectivity index (χ3n) is 2.47. The molecular formula is C12H16BClF4S. The van der Waals surface area contributed by atoms with E-state index in [-0.39, 0.29) is 0 Å². The minimum Gasteiger partial charge on any atom is -0.418 e. The van der Waals surface area contributed by atoms with Crippen molar-refractivity contribution < 1.29 is 17.3 Å². The van der Waals surface area contributed by atoms with Crippen LogP contribution in [0.3, 0.4) is 0 Å². The van der Waals surface area contributed by atoms with Crippen molar-refractivity contribution in [3.8, 4) is 0 Å². The van der Waals surface area contributed by atoms with E-state index in [2.05, 4.69) is 19.1 Å². The van der Waals surface area contributed by atoms with Crippen molar-refractivity contribution in [3.05, 3.63) is 29.3 Å². The number of hydrogen-bond donors (Lipinski definition) is 0. The van der Waals surface area contributed by atoms with E-state index in [1.807, 2.05) is 12.1 Å². The second-order valence-corrected chi connectivity index (χ2v) is 7.12. The summed E-state index contributed by atoms with van der Waals surface area (Å²) < 4.78 is 39.0. The van der Waals surface area contributed by atoms with Gasteiger partial charge in [-0.15, -0.1) is 0 Å². The second kappa shape index (κ2) is 7.43. The predicted octanol–water partition coefficient (Wildman–Crippen LogP) is 5.19. The lowest BCUT2D eigenvalue weighted by molar-refractivity contribution is 0.368. The van der Waals surface area contributed by atoms with E-state index >= 15 is 0 Å². The van der Waals surface area contributed by atoms with Gasteiger partial charge in [0.25, 0.3) is 0 Å². The third kappa shape index (κ3) is 7.72. The smallest absolute Gasteiger partial charge is 0.418 e. The van der Waals surface area contributed by atoms with Crippen LogP contribution >= 0.6 is 11.6 Å². The zero-order valence-corrected chi connectivity index (χ0v) is 12.2. The lowest BCUT2D eigenvalue weighted by Crippen LogP contribution is -2.12. The standard InChI is InChI=1S/C12H16ClS.BF4/c1-2-9-14(12-7-8-12)11-5-3-10(13)4-6-11;2-1(3,4)5/h3-6,12H,2,7-9H2,1H3;/q+1;-1. The van der Waals surface area contributed by atoms with E-state index in [0.29, 0.717) is 10.9 Å². The lowest BCUT2D eigenvalue weighted by Gasteiger charge is -2.05. The first kappa shape index (κ1) is 16.7. The van der Waals surface area contributed by atoms with Crippen molar-refractivity contribution in [2.24, 2.45) is 0 Å². The Bertz CT molecular complexity index is 372. The molecule has 1 aliphatic carbocycles. The Hall–Kier alpha value is -0.355. The Morgan fingerprint density at radius 3 is 2.00 bits per heavy atom. The lowest BCUT2D eigenvalue weighted by atomic mass is 10.3. The summed E-state index contributed by atoms with van der Waals surface area (Å²) in [5.74, 6) is 1.35. The summed E-state index contributed by atoms with van der Waals surface area (Å²) in [6.45, 7) is 2.28. The van der Waals surface area contributed by atoms with Gasteiger partial charge in [-0.05, 0) is 30.7 Å². The molecule has 0 spiro atoms. The van der Waals surface area contributed by atoms with Gasteiger partial charge in [-0.2, -0.15) is 0 Å². The molecule has 0 aliphatic heterocycles. The van der Waals surface area contributed by atoms with Crippen molar-refractivity contribution in [2.75, 3.05) is 5.75 Å². The molecule has 1 fully saturated rings. The van der Waals surface area contributed by atoms with Crippen LogP contribution in [0.5, 0.6) is 0 Å². The molecule has 0 amide bonds. The quantitative estimate of drug-likeness (QED) is 0.407. The van der Waals surface area contributed by atoms with Crippen LogP contribution in [0, 0.1) is 0 Å². The summed E-state index contributed by atoms with van der Waals surface area (Å²) in [7, 11) is -5.50. The molecule has 1 aliphatic rings. The normalized spacial score (nSPS) is 16.5. The Labute approximate surface area is 119 Å². The summed E-state index contributed by atoms with van der Waals surface area (Å²) in [4.78, 5) is 1.51. The molecule has 19 heavy (non-hydrogen) atoms. The third-order valence-corrected chi connectivity index (χ3v) is 5.72. The molecule has 0 radical (unpaired) electrons. The van der Waals surface area contributed by atoms with Gasteiger partial charge in [0, 0.05) is 28.8 Å². The summed E-state index contributed by atoms with van der Waals surface area (Å²) in [5.41, 5.74) is 0. The van der Waals surface area contributed by atoms with Crippen molar-refractivity contribution in [3.63, 3.8) is 0 Å². The van der Waals surface area contributed by atoms with Crippen molar-refractivity contribution in [2.45, 2.75) is 36.3 Å². The highest BCUT2D eigenvalue weighted by molar-refractivity contribution is 7.97. The van der Waals surface area contributed by atoms with Crippen LogP contribution in [0.4, 0.5) is 17.3 Å². The molecule has 0 bridgehead atoms. The van der Waals surface area contributed by atoms with Gasteiger partial charge in [0.15, 0.2) is 4.90 Å². The highest BCUT2D eigenvalue weighted by Gasteiger charge is 2.40. The second-order valence-electron chi connectivity index (χ2n) is 4.28. The van der Waals surface area contributed by atoms with Gasteiger partial charge in [0.05, 0.1) is 0 Å². The van der Waals surface area contributed by atoms with E-state index in [0.717, 1.165) is 10.3 Å². The fourth-order valence-corrected chi connectivity index (χ4v) is 4.37. The van der Waals surface area contributed by atoms with Crippen LogP contribution in [0.1, 0.15) is 26.2 Å². The molecule has 1 atom stereocenters. The molecule has 0 aromatic heterocycles. The summed E-state index contributed by atoms with van der Waals surface area (Å²) in [6.07, 6.45) is 4.17. The molecule has 0 nitrogen and oxygen atoms in total. The number of rotatable bonds is 4. The molecule has 1 unspecified atom stereocenters. The number of benzene rings is 1. The summed E-state index contributed by atoms with van der Waals surface area (Å²) in [6, 6.07) is 8.46. The summed E-state index contributed by atoms with van der Waals surface area (Å²) >= 11 is 5.89. The highest BCUT2D eigenvalue weighted by atomic mass is 35.5. The van der Waals surface area contributed by atoms with Crippen LogP contribution in [0.2, 0.25) is 5.02 Å². The number of halogens is 5. The molecule has 1 saturated carbocycles. The fourth-order valence-electron chi connectivity index (χ4n) is 1.66. The zero-order valence-electron chi connectivity index (χ0n) is 10.6. The topological polar surface area (TPSA) is 0 Å². The minimum atomic E-state index is -6.00. The van der Waals surface area contributed by atoms with E-state index in [1.165, 1.54) is 29.9 Å². The van der Waals surface area contributed by atoms with Gasteiger partial charge >= 0.3 is 7.25 Å². The van der Waals surface area contributed by atoms with Crippen LogP contribution in [0.15, 0.2) is 29.2 Å². The van der Waals surface area contributed by atoms with E-state index in [1.54, 1.807) is 0 Å². The van der Waals surface area contributed by atoms with Crippen LogP contribution in [0.25, 0.3) is 0 Å². The molecule has 2 rings (SSSR count). The molecule has 1 aromatic carbocycles. The van der Waals surface area contributed by atoms with Gasteiger partial charge in [-0.25, -0.2) is 0 Å². The van der Waals surface area contributed by atoms with Gasteiger partial charge in [0.2, 0.25) is 0 Å². The molecule has 0 heterocycles. The van der Waals surface area contributed by atoms with Gasteiger partial charge in [0.1, 0.15) is 11.0 Å². The van der Waals surface area contributed by atoms with Crippen molar-refractivity contribution in [1.82, 2.24) is 0 Å². The van der Waals surface area contributed by atoms with E-state index in [9.17, 15) is 17.3 Å². The van der Waals surface area contributed by atoms with E-state index in [4.69, 9.17) is 11.6 Å². The minimum absolute atomic E-state index is 0.505. The maximum atomic E-state index is 9.75. The SMILES string of the molecule is CCC[S+](c1ccc(Cl)cc1)C1CC1.F[B-](F)(F)F. The molecule has 7 heteroatoms. The molecule has 0 saturated heterocycles.